The van der Waals surface area contributed by atoms with Crippen molar-refractivity contribution >= 4 is 32.2 Å². The van der Waals surface area contributed by atoms with Gasteiger partial charge in [-0.3, -0.25) is 0 Å². The van der Waals surface area contributed by atoms with Crippen LogP contribution in [0.3, 0.4) is 0 Å². The van der Waals surface area contributed by atoms with Gasteiger partial charge in [-0.15, -0.1) is 0 Å². The maximum absolute atomic E-state index is 12.7. The molecule has 1 aliphatic heterocycles. The summed E-state index contributed by atoms with van der Waals surface area (Å²) in [6.45, 7) is 4.24. The zero-order valence-corrected chi connectivity index (χ0v) is 20.4. The first-order valence-corrected chi connectivity index (χ1v) is 13.4. The highest BCUT2D eigenvalue weighted by Crippen LogP contribution is 2.34. The number of fused-ring (bicyclic) bond motifs is 3. The molecule has 4 aromatic heterocycles. The molecule has 0 fully saturated rings. The predicted molar refractivity (Wildman–Crippen MR) is 136 cm³/mol. The van der Waals surface area contributed by atoms with Crippen LogP contribution >= 0.6 is 0 Å². The van der Waals surface area contributed by atoms with Gasteiger partial charge in [0.15, 0.2) is 9.84 Å². The maximum atomic E-state index is 12.7. The Kier molecular flexibility index (Phi) is 5.10. The van der Waals surface area contributed by atoms with Gasteiger partial charge in [0, 0.05) is 17.5 Å². The third-order valence-electron chi connectivity index (χ3n) is 6.75. The van der Waals surface area contributed by atoms with Crippen LogP contribution in [0.5, 0.6) is 0 Å². The average molecular weight is 487 g/mol. The lowest BCUT2D eigenvalue weighted by Gasteiger charge is -2.26. The lowest BCUT2D eigenvalue weighted by Crippen LogP contribution is -2.20. The summed E-state index contributed by atoms with van der Waals surface area (Å²) in [4.78, 5) is 17.0. The van der Waals surface area contributed by atoms with E-state index in [-0.39, 0.29) is 17.7 Å². The van der Waals surface area contributed by atoms with Gasteiger partial charge in [0.1, 0.15) is 17.8 Å². The van der Waals surface area contributed by atoms with Gasteiger partial charge in [0.2, 0.25) is 0 Å². The lowest BCUT2D eigenvalue weighted by molar-refractivity contribution is 0.542. The number of anilines is 1. The van der Waals surface area contributed by atoms with Crippen molar-refractivity contribution in [2.45, 2.75) is 37.6 Å². The molecule has 6 rings (SSSR count). The van der Waals surface area contributed by atoms with E-state index in [1.807, 2.05) is 53.2 Å². The summed E-state index contributed by atoms with van der Waals surface area (Å²) >= 11 is 0. The number of aryl methyl sites for hydroxylation is 1. The summed E-state index contributed by atoms with van der Waals surface area (Å²) in [7, 11) is -3.23. The molecule has 0 radical (unpaired) electrons. The second kappa shape index (κ2) is 8.20. The highest BCUT2D eigenvalue weighted by atomic mass is 32.2. The number of pyridine rings is 1. The molecule has 5 heterocycles. The van der Waals surface area contributed by atoms with Crippen molar-refractivity contribution in [2.75, 3.05) is 11.1 Å². The molecule has 8 nitrogen and oxygen atoms in total. The maximum Gasteiger partial charge on any atom is 0.178 e. The topological polar surface area (TPSA) is 105 Å². The summed E-state index contributed by atoms with van der Waals surface area (Å²) in [6, 6.07) is 11.9. The monoisotopic (exact) mass is 486 g/mol. The summed E-state index contributed by atoms with van der Waals surface area (Å²) in [6.07, 6.45) is 8.65. The van der Waals surface area contributed by atoms with Gasteiger partial charge in [-0.1, -0.05) is 26.0 Å². The van der Waals surface area contributed by atoms with Crippen molar-refractivity contribution in [3.05, 3.63) is 72.6 Å². The number of nitrogens with one attached hydrogen (secondary N) is 2. The van der Waals surface area contributed by atoms with E-state index in [1.165, 1.54) is 0 Å². The number of hydrogen-bond acceptors (Lipinski definition) is 6. The first-order chi connectivity index (χ1) is 16.9. The van der Waals surface area contributed by atoms with Crippen LogP contribution in [-0.2, 0) is 16.3 Å². The van der Waals surface area contributed by atoms with Gasteiger partial charge in [0.25, 0.3) is 0 Å². The minimum Gasteiger partial charge on any atom is -0.362 e. The standard InChI is InChI=1S/C26H26N6O2S/c1-16(2)24(18-6-5-17-4-3-9-35(33,34)23(17)10-18)31-26-21-11-22(30-25(21)28-14-29-26)19-7-8-20-12-27-15-32(20)13-19/h5-8,10-16,24H,3-4,9H2,1-2H3,(H2,28,29,30,31)/t24-/m1/s1. The Morgan fingerprint density at radius 3 is 2.86 bits per heavy atom. The number of imidazole rings is 1. The van der Waals surface area contributed by atoms with Crippen LogP contribution in [0, 0.1) is 5.92 Å². The molecule has 2 N–H and O–H groups in total. The van der Waals surface area contributed by atoms with Gasteiger partial charge < -0.3 is 14.7 Å². The number of benzene rings is 1. The average Bonchev–Trinajstić information content (AvgIpc) is 3.49. The fourth-order valence-electron chi connectivity index (χ4n) is 4.90. The molecule has 0 saturated carbocycles. The Morgan fingerprint density at radius 1 is 1.11 bits per heavy atom. The molecule has 0 spiro atoms. The molecule has 0 amide bonds. The quantitative estimate of drug-likeness (QED) is 0.370. The molecule has 1 aliphatic rings. The van der Waals surface area contributed by atoms with Gasteiger partial charge >= 0.3 is 0 Å². The van der Waals surface area contributed by atoms with E-state index in [1.54, 1.807) is 12.7 Å². The molecule has 0 aliphatic carbocycles. The Hall–Kier alpha value is -3.72. The number of aromatic amines is 1. The van der Waals surface area contributed by atoms with Crippen molar-refractivity contribution in [2.24, 2.45) is 5.92 Å². The van der Waals surface area contributed by atoms with Crippen molar-refractivity contribution in [1.82, 2.24) is 24.3 Å². The highest BCUT2D eigenvalue weighted by molar-refractivity contribution is 7.91. The molecule has 0 unspecified atom stereocenters. The van der Waals surface area contributed by atoms with E-state index in [9.17, 15) is 8.42 Å². The fourth-order valence-corrected chi connectivity index (χ4v) is 6.52. The first kappa shape index (κ1) is 21.8. The zero-order chi connectivity index (χ0) is 24.2. The number of aromatic nitrogens is 5. The summed E-state index contributed by atoms with van der Waals surface area (Å²) < 4.78 is 27.4. The van der Waals surface area contributed by atoms with E-state index in [4.69, 9.17) is 0 Å². The lowest BCUT2D eigenvalue weighted by atomic mass is 9.94. The minimum absolute atomic E-state index is 0.115. The van der Waals surface area contributed by atoms with Crippen LogP contribution < -0.4 is 5.32 Å². The highest BCUT2D eigenvalue weighted by Gasteiger charge is 2.26. The summed E-state index contributed by atoms with van der Waals surface area (Å²) in [5.41, 5.74) is 5.56. The molecular formula is C26H26N6O2S. The van der Waals surface area contributed by atoms with Crippen LogP contribution in [0.1, 0.15) is 37.4 Å². The third-order valence-corrected chi connectivity index (χ3v) is 8.62. The molecule has 0 bridgehead atoms. The summed E-state index contributed by atoms with van der Waals surface area (Å²) in [5.74, 6) is 1.12. The van der Waals surface area contributed by atoms with Crippen LogP contribution in [0.15, 0.2) is 66.3 Å². The van der Waals surface area contributed by atoms with E-state index in [2.05, 4.69) is 39.1 Å². The van der Waals surface area contributed by atoms with Crippen LogP contribution in [-0.4, -0.2) is 38.5 Å². The molecular weight excluding hydrogens is 460 g/mol. The van der Waals surface area contributed by atoms with Gasteiger partial charge in [-0.2, -0.15) is 0 Å². The van der Waals surface area contributed by atoms with E-state index in [0.717, 1.165) is 45.4 Å². The Labute approximate surface area is 203 Å². The van der Waals surface area contributed by atoms with Crippen LogP contribution in [0.2, 0.25) is 0 Å². The molecule has 0 saturated heterocycles. The first-order valence-electron chi connectivity index (χ1n) is 11.8. The second-order valence-corrected chi connectivity index (χ2v) is 11.5. The minimum atomic E-state index is -3.23. The molecule has 5 aromatic rings. The molecule has 35 heavy (non-hydrogen) atoms. The fraction of sp³-hybridized carbons (Fsp3) is 0.269. The van der Waals surface area contributed by atoms with Crippen molar-refractivity contribution in [3.63, 3.8) is 0 Å². The van der Waals surface area contributed by atoms with E-state index in [0.29, 0.717) is 17.1 Å². The smallest absolute Gasteiger partial charge is 0.178 e. The molecule has 1 atom stereocenters. The van der Waals surface area contributed by atoms with Gasteiger partial charge in [-0.25, -0.2) is 23.4 Å². The second-order valence-electron chi connectivity index (χ2n) is 9.47. The van der Waals surface area contributed by atoms with Crippen molar-refractivity contribution < 1.29 is 8.42 Å². The number of hydrogen-bond donors (Lipinski definition) is 2. The van der Waals surface area contributed by atoms with Gasteiger partial charge in [-0.05, 0) is 54.2 Å². The summed E-state index contributed by atoms with van der Waals surface area (Å²) in [5, 5.41) is 4.46. The normalized spacial score (nSPS) is 16.0. The van der Waals surface area contributed by atoms with E-state index >= 15 is 0 Å². The van der Waals surface area contributed by atoms with Crippen LogP contribution in [0.25, 0.3) is 27.8 Å². The number of nitrogens with zero attached hydrogens (tertiary/aromatic N) is 4. The van der Waals surface area contributed by atoms with Crippen molar-refractivity contribution in [3.8, 4) is 11.3 Å². The SMILES string of the molecule is CC(C)[C@@H](Nc1ncnc2[nH]c(-c3ccc4cncn4c3)cc12)c1ccc2c(c1)S(=O)(=O)CCC2. The number of H-pyrrole nitrogens is 1. The zero-order valence-electron chi connectivity index (χ0n) is 19.6. The Morgan fingerprint density at radius 2 is 2.00 bits per heavy atom. The largest absolute Gasteiger partial charge is 0.362 e. The predicted octanol–water partition coefficient (Wildman–Crippen LogP) is 4.80. The molecule has 178 valence electrons. The van der Waals surface area contributed by atoms with Crippen LogP contribution in [0.4, 0.5) is 5.82 Å². The Bertz CT molecular complexity index is 1670. The van der Waals surface area contributed by atoms with E-state index < -0.39 is 9.84 Å². The molecule has 1 aromatic carbocycles. The Balaban J connectivity index is 1.38. The van der Waals surface area contributed by atoms with Crippen molar-refractivity contribution in [1.29, 1.82) is 0 Å². The third kappa shape index (κ3) is 3.85. The van der Waals surface area contributed by atoms with Gasteiger partial charge in [0.05, 0.1) is 40.1 Å². The number of sulfone groups is 1. The molecule has 9 heteroatoms. The number of rotatable bonds is 5.